The summed E-state index contributed by atoms with van der Waals surface area (Å²) in [6.45, 7) is 4.16. The van der Waals surface area contributed by atoms with Gasteiger partial charge in [-0.2, -0.15) is 0 Å². The Morgan fingerprint density at radius 1 is 1.04 bits per heavy atom. The van der Waals surface area contributed by atoms with Crippen molar-refractivity contribution in [2.45, 2.75) is 32.6 Å². The molecule has 1 aromatic heterocycles. The average Bonchev–Trinajstić information content (AvgIpc) is 2.99. The Balaban J connectivity index is 1.93. The summed E-state index contributed by atoms with van der Waals surface area (Å²) >= 11 is 0. The van der Waals surface area contributed by atoms with Gasteiger partial charge >= 0.3 is 0 Å². The minimum absolute atomic E-state index is 0.0692. The molecule has 0 saturated carbocycles. The SMILES string of the molecule is COc1ccc([C@H]2C3=C(CC(C)(C)CC3=O)Nc3[nH][nH]c(=O)c32)cc1OC. The van der Waals surface area contributed by atoms with Gasteiger partial charge in [0.25, 0.3) is 5.56 Å². The molecule has 7 nitrogen and oxygen atoms in total. The Labute approximate surface area is 156 Å². The molecule has 1 aliphatic heterocycles. The predicted octanol–water partition coefficient (Wildman–Crippen LogP) is 2.92. The fourth-order valence-corrected chi connectivity index (χ4v) is 4.18. The van der Waals surface area contributed by atoms with Crippen molar-refractivity contribution in [3.8, 4) is 11.5 Å². The normalized spacial score (nSPS) is 20.6. The van der Waals surface area contributed by atoms with Crippen LogP contribution >= 0.6 is 0 Å². The number of aromatic amines is 2. The maximum absolute atomic E-state index is 13.1. The summed E-state index contributed by atoms with van der Waals surface area (Å²) in [6, 6.07) is 5.52. The number of carbonyl (C=O) groups excluding carboxylic acids is 1. The van der Waals surface area contributed by atoms with Crippen LogP contribution in [0.25, 0.3) is 0 Å². The van der Waals surface area contributed by atoms with Crippen molar-refractivity contribution in [2.75, 3.05) is 19.5 Å². The van der Waals surface area contributed by atoms with E-state index >= 15 is 0 Å². The number of methoxy groups -OCH3 is 2. The second kappa shape index (κ2) is 6.04. The number of H-pyrrole nitrogens is 2. The van der Waals surface area contributed by atoms with E-state index in [-0.39, 0.29) is 16.8 Å². The molecular formula is C20H23N3O4. The second-order valence-corrected chi connectivity index (χ2v) is 7.87. The summed E-state index contributed by atoms with van der Waals surface area (Å²) in [4.78, 5) is 25.6. The lowest BCUT2D eigenvalue weighted by molar-refractivity contribution is -0.118. The van der Waals surface area contributed by atoms with Crippen LogP contribution in [0.3, 0.4) is 0 Å². The second-order valence-electron chi connectivity index (χ2n) is 7.87. The molecule has 4 rings (SSSR count). The fourth-order valence-electron chi connectivity index (χ4n) is 4.18. The fraction of sp³-hybridized carbons (Fsp3) is 0.400. The highest BCUT2D eigenvalue weighted by Gasteiger charge is 2.42. The third-order valence-corrected chi connectivity index (χ3v) is 5.33. The molecule has 0 unspecified atom stereocenters. The number of Topliss-reactive ketones (excluding diaryl/α,β-unsaturated/α-hetero) is 1. The third-order valence-electron chi connectivity index (χ3n) is 5.33. The van der Waals surface area contributed by atoms with Crippen LogP contribution in [0.5, 0.6) is 11.5 Å². The summed E-state index contributed by atoms with van der Waals surface area (Å²) in [5, 5.41) is 8.81. The standard InChI is InChI=1S/C20H23N3O4/c1-20(2)8-11-16(12(24)9-20)15(17-18(21-11)22-23-19(17)25)10-5-6-13(26-3)14(7-10)27-4/h5-7,15H,8-9H2,1-4H3,(H3,21,22,23,25)/t15-/m0/s1. The Morgan fingerprint density at radius 3 is 2.48 bits per heavy atom. The number of hydrogen-bond donors (Lipinski definition) is 3. The smallest absolute Gasteiger partial charge is 0.270 e. The first-order valence-corrected chi connectivity index (χ1v) is 8.90. The van der Waals surface area contributed by atoms with Gasteiger partial charge in [0.05, 0.1) is 19.8 Å². The van der Waals surface area contributed by atoms with Crippen molar-refractivity contribution >= 4 is 11.6 Å². The maximum Gasteiger partial charge on any atom is 0.270 e. The number of benzene rings is 1. The molecule has 0 saturated heterocycles. The number of fused-ring (bicyclic) bond motifs is 1. The molecule has 0 spiro atoms. The van der Waals surface area contributed by atoms with Gasteiger partial charge in [0.2, 0.25) is 0 Å². The molecule has 142 valence electrons. The lowest BCUT2D eigenvalue weighted by atomic mass is 9.69. The molecule has 1 aliphatic carbocycles. The molecule has 2 aliphatic rings. The van der Waals surface area contributed by atoms with Crippen LogP contribution in [0.2, 0.25) is 0 Å². The largest absolute Gasteiger partial charge is 0.493 e. The van der Waals surface area contributed by atoms with Gasteiger partial charge in [-0.1, -0.05) is 19.9 Å². The maximum atomic E-state index is 13.1. The van der Waals surface area contributed by atoms with Gasteiger partial charge in [-0.3, -0.25) is 19.8 Å². The summed E-state index contributed by atoms with van der Waals surface area (Å²) < 4.78 is 10.7. The molecular weight excluding hydrogens is 346 g/mol. The van der Waals surface area contributed by atoms with Crippen molar-refractivity contribution in [1.82, 2.24) is 10.2 Å². The van der Waals surface area contributed by atoms with Crippen LogP contribution in [0.1, 0.15) is 43.7 Å². The van der Waals surface area contributed by atoms with Crippen molar-refractivity contribution in [3.05, 3.63) is 50.9 Å². The number of allylic oxidation sites excluding steroid dienone is 2. The first-order chi connectivity index (χ1) is 12.8. The van der Waals surface area contributed by atoms with Crippen LogP contribution in [0.15, 0.2) is 34.3 Å². The highest BCUT2D eigenvalue weighted by molar-refractivity contribution is 6.01. The zero-order valence-corrected chi connectivity index (χ0v) is 15.9. The zero-order valence-electron chi connectivity index (χ0n) is 15.9. The quantitative estimate of drug-likeness (QED) is 0.773. The van der Waals surface area contributed by atoms with Gasteiger partial charge in [-0.05, 0) is 29.5 Å². The zero-order chi connectivity index (χ0) is 19.3. The molecule has 1 atom stereocenters. The molecule has 0 fully saturated rings. The molecule has 0 bridgehead atoms. The Hall–Kier alpha value is -2.96. The van der Waals surface area contributed by atoms with E-state index in [0.717, 1.165) is 17.7 Å². The van der Waals surface area contributed by atoms with E-state index in [4.69, 9.17) is 9.47 Å². The van der Waals surface area contributed by atoms with Crippen molar-refractivity contribution in [3.63, 3.8) is 0 Å². The number of carbonyl (C=O) groups is 1. The van der Waals surface area contributed by atoms with E-state index in [9.17, 15) is 9.59 Å². The third kappa shape index (κ3) is 2.74. The Kier molecular flexibility index (Phi) is 3.91. The van der Waals surface area contributed by atoms with Crippen LogP contribution in [-0.2, 0) is 4.79 Å². The summed E-state index contributed by atoms with van der Waals surface area (Å²) in [6.07, 6.45) is 1.19. The van der Waals surface area contributed by atoms with Crippen molar-refractivity contribution < 1.29 is 14.3 Å². The topological polar surface area (TPSA) is 96.2 Å². The number of rotatable bonds is 3. The minimum atomic E-state index is -0.449. The van der Waals surface area contributed by atoms with E-state index in [2.05, 4.69) is 29.4 Å². The Morgan fingerprint density at radius 2 is 1.78 bits per heavy atom. The molecule has 7 heteroatoms. The van der Waals surface area contributed by atoms with Gasteiger partial charge in [0.1, 0.15) is 5.82 Å². The van der Waals surface area contributed by atoms with Crippen molar-refractivity contribution in [2.24, 2.45) is 5.41 Å². The first-order valence-electron chi connectivity index (χ1n) is 8.90. The molecule has 2 aromatic rings. The van der Waals surface area contributed by atoms with E-state index < -0.39 is 5.92 Å². The van der Waals surface area contributed by atoms with Gasteiger partial charge in [0.15, 0.2) is 17.3 Å². The number of ketones is 1. The molecule has 3 N–H and O–H groups in total. The summed E-state index contributed by atoms with van der Waals surface area (Å²) in [5.41, 5.74) is 2.52. The summed E-state index contributed by atoms with van der Waals surface area (Å²) in [5.74, 6) is 1.40. The van der Waals surface area contributed by atoms with Crippen LogP contribution in [0.4, 0.5) is 5.82 Å². The van der Waals surface area contributed by atoms with E-state index in [1.807, 2.05) is 12.1 Å². The molecule has 0 radical (unpaired) electrons. The number of ether oxygens (including phenoxy) is 2. The lowest BCUT2D eigenvalue weighted by Crippen LogP contribution is -2.35. The van der Waals surface area contributed by atoms with E-state index in [1.54, 1.807) is 20.3 Å². The lowest BCUT2D eigenvalue weighted by Gasteiger charge is -2.38. The van der Waals surface area contributed by atoms with Gasteiger partial charge < -0.3 is 14.8 Å². The molecule has 27 heavy (non-hydrogen) atoms. The van der Waals surface area contributed by atoms with E-state index in [1.165, 1.54) is 0 Å². The number of hydrogen-bond acceptors (Lipinski definition) is 5. The number of anilines is 1. The molecule has 1 aromatic carbocycles. The predicted molar refractivity (Wildman–Crippen MR) is 101 cm³/mol. The van der Waals surface area contributed by atoms with Crippen molar-refractivity contribution in [1.29, 1.82) is 0 Å². The van der Waals surface area contributed by atoms with E-state index in [0.29, 0.717) is 34.9 Å². The average molecular weight is 369 g/mol. The summed E-state index contributed by atoms with van der Waals surface area (Å²) in [7, 11) is 3.14. The highest BCUT2D eigenvalue weighted by Crippen LogP contribution is 2.48. The minimum Gasteiger partial charge on any atom is -0.493 e. The monoisotopic (exact) mass is 369 g/mol. The van der Waals surface area contributed by atoms with Crippen LogP contribution < -0.4 is 20.3 Å². The van der Waals surface area contributed by atoms with Gasteiger partial charge in [0, 0.05) is 23.6 Å². The molecule has 0 amide bonds. The van der Waals surface area contributed by atoms with Crippen LogP contribution in [-0.4, -0.2) is 30.2 Å². The number of aromatic nitrogens is 2. The highest BCUT2D eigenvalue weighted by atomic mass is 16.5. The number of nitrogens with one attached hydrogen (secondary N) is 3. The first kappa shape index (κ1) is 17.5. The van der Waals surface area contributed by atoms with Gasteiger partial charge in [-0.15, -0.1) is 0 Å². The molecule has 2 heterocycles. The Bertz CT molecular complexity index is 1010. The van der Waals surface area contributed by atoms with Gasteiger partial charge in [-0.25, -0.2) is 0 Å². The van der Waals surface area contributed by atoms with Crippen LogP contribution in [0, 0.1) is 5.41 Å².